The zero-order chi connectivity index (χ0) is 17.4. The molecular weight excluding hydrogens is 296 g/mol. The molecule has 0 rings (SSSR count). The molecule has 0 fully saturated rings. The predicted molar refractivity (Wildman–Crippen MR) is 74.3 cm³/mol. The second-order valence-electron chi connectivity index (χ2n) is 5.30. The summed E-state index contributed by atoms with van der Waals surface area (Å²) in [5.74, 6) is -9.32. The predicted octanol–water partition coefficient (Wildman–Crippen LogP) is 1.39. The summed E-state index contributed by atoms with van der Waals surface area (Å²) in [4.78, 5) is 44.2. The Hall–Kier alpha value is -2.12. The topological polar surface area (TPSA) is 149 Å². The molecule has 0 aromatic carbocycles. The summed E-state index contributed by atoms with van der Waals surface area (Å²) in [5.41, 5.74) is 0. The first kappa shape index (κ1) is 19.9. The van der Waals surface area contributed by atoms with Crippen LogP contribution in [-0.4, -0.2) is 44.3 Å². The molecule has 0 aliphatic carbocycles. The summed E-state index contributed by atoms with van der Waals surface area (Å²) in [6.07, 6.45) is 0.272. The number of aliphatic carboxylic acids is 4. The highest BCUT2D eigenvalue weighted by molar-refractivity contribution is 5.80. The fraction of sp³-hybridized carbons (Fsp3) is 0.714. The molecule has 4 N–H and O–H groups in total. The van der Waals surface area contributed by atoms with E-state index in [0.29, 0.717) is 0 Å². The van der Waals surface area contributed by atoms with Crippen LogP contribution in [0, 0.1) is 23.7 Å². The van der Waals surface area contributed by atoms with Crippen molar-refractivity contribution < 1.29 is 39.6 Å². The van der Waals surface area contributed by atoms with Gasteiger partial charge < -0.3 is 20.4 Å². The monoisotopic (exact) mass is 318 g/mol. The number of hydrogen-bond donors (Lipinski definition) is 4. The van der Waals surface area contributed by atoms with E-state index in [4.69, 9.17) is 20.4 Å². The summed E-state index contributed by atoms with van der Waals surface area (Å²) in [7, 11) is 0. The molecule has 22 heavy (non-hydrogen) atoms. The van der Waals surface area contributed by atoms with Crippen molar-refractivity contribution in [2.24, 2.45) is 23.7 Å². The number of carboxylic acids is 4. The van der Waals surface area contributed by atoms with E-state index in [-0.39, 0.29) is 25.7 Å². The Balaban J connectivity index is 4.79. The summed E-state index contributed by atoms with van der Waals surface area (Å²) >= 11 is 0. The van der Waals surface area contributed by atoms with Gasteiger partial charge in [0.1, 0.15) is 0 Å². The lowest BCUT2D eigenvalue weighted by Gasteiger charge is -2.21. The van der Waals surface area contributed by atoms with Gasteiger partial charge in [0.2, 0.25) is 0 Å². The van der Waals surface area contributed by atoms with Crippen LogP contribution in [0.2, 0.25) is 0 Å². The molecule has 8 heteroatoms. The van der Waals surface area contributed by atoms with Gasteiger partial charge in [-0.15, -0.1) is 0 Å². The Morgan fingerprint density at radius 1 is 0.727 bits per heavy atom. The largest absolute Gasteiger partial charge is 0.481 e. The van der Waals surface area contributed by atoms with E-state index < -0.39 is 47.5 Å². The fourth-order valence-corrected chi connectivity index (χ4v) is 2.45. The fourth-order valence-electron chi connectivity index (χ4n) is 2.45. The van der Waals surface area contributed by atoms with Crippen molar-refractivity contribution in [1.29, 1.82) is 0 Å². The Kier molecular flexibility index (Phi) is 8.14. The maximum atomic E-state index is 11.2. The molecule has 8 nitrogen and oxygen atoms in total. The maximum Gasteiger partial charge on any atom is 0.307 e. The third kappa shape index (κ3) is 5.71. The van der Waals surface area contributed by atoms with Crippen molar-refractivity contribution in [2.75, 3.05) is 0 Å². The van der Waals surface area contributed by atoms with Gasteiger partial charge >= 0.3 is 23.9 Å². The molecule has 4 unspecified atom stereocenters. The van der Waals surface area contributed by atoms with Crippen molar-refractivity contribution in [3.05, 3.63) is 0 Å². The van der Waals surface area contributed by atoms with Gasteiger partial charge in [-0.05, 0) is 19.3 Å². The third-order valence-electron chi connectivity index (χ3n) is 3.90. The highest BCUT2D eigenvalue weighted by atomic mass is 16.4. The van der Waals surface area contributed by atoms with Crippen LogP contribution >= 0.6 is 0 Å². The lowest BCUT2D eigenvalue weighted by atomic mass is 9.83. The van der Waals surface area contributed by atoms with E-state index in [1.807, 2.05) is 0 Å². The minimum absolute atomic E-state index is 0.00371. The highest BCUT2D eigenvalue weighted by Crippen LogP contribution is 2.26. The standard InChI is InChI=1S/C14H22O8/c1-3-8(12(17)18)10(14(21)22)6-4-5-9(13(19)20)7(2)11(15)16/h7-10H,3-6H2,1-2H3,(H,15,16)(H,17,18)(H,19,20)(H,21,22). The van der Waals surface area contributed by atoms with Gasteiger partial charge in [0.15, 0.2) is 0 Å². The lowest BCUT2D eigenvalue weighted by Crippen LogP contribution is -2.31. The first-order chi connectivity index (χ1) is 10.1. The molecule has 0 aromatic rings. The Morgan fingerprint density at radius 3 is 1.45 bits per heavy atom. The molecule has 0 aliphatic heterocycles. The number of carbonyl (C=O) groups is 4. The number of carboxylic acid groups (broad SMARTS) is 4. The van der Waals surface area contributed by atoms with Crippen molar-refractivity contribution in [3.8, 4) is 0 Å². The molecule has 126 valence electrons. The van der Waals surface area contributed by atoms with Crippen molar-refractivity contribution in [2.45, 2.75) is 39.5 Å². The minimum Gasteiger partial charge on any atom is -0.481 e. The molecule has 0 spiro atoms. The zero-order valence-electron chi connectivity index (χ0n) is 12.6. The lowest BCUT2D eigenvalue weighted by molar-refractivity contribution is -0.155. The molecule has 0 bridgehead atoms. The highest BCUT2D eigenvalue weighted by Gasteiger charge is 2.34. The van der Waals surface area contributed by atoms with Gasteiger partial charge in [-0.25, -0.2) is 0 Å². The van der Waals surface area contributed by atoms with E-state index in [1.54, 1.807) is 6.92 Å². The van der Waals surface area contributed by atoms with Gasteiger partial charge in [0.05, 0.1) is 23.7 Å². The van der Waals surface area contributed by atoms with Crippen LogP contribution in [0.3, 0.4) is 0 Å². The van der Waals surface area contributed by atoms with Gasteiger partial charge in [-0.2, -0.15) is 0 Å². The van der Waals surface area contributed by atoms with E-state index in [9.17, 15) is 19.2 Å². The number of hydrogen-bond acceptors (Lipinski definition) is 4. The van der Waals surface area contributed by atoms with Gasteiger partial charge in [0, 0.05) is 0 Å². The smallest absolute Gasteiger partial charge is 0.307 e. The van der Waals surface area contributed by atoms with E-state index >= 15 is 0 Å². The average molecular weight is 318 g/mol. The van der Waals surface area contributed by atoms with E-state index in [0.717, 1.165) is 0 Å². The summed E-state index contributed by atoms with van der Waals surface area (Å²) in [5, 5.41) is 36.0. The van der Waals surface area contributed by atoms with Crippen LogP contribution in [0.5, 0.6) is 0 Å². The molecule has 0 amide bonds. The summed E-state index contributed by atoms with van der Waals surface area (Å²) < 4.78 is 0. The molecule has 4 atom stereocenters. The molecule has 0 saturated heterocycles. The SMILES string of the molecule is CCC(C(=O)O)C(CCCC(C(=O)O)C(C)C(=O)O)C(=O)O. The average Bonchev–Trinajstić information content (AvgIpc) is 2.40. The van der Waals surface area contributed by atoms with E-state index in [2.05, 4.69) is 0 Å². The second-order valence-corrected chi connectivity index (χ2v) is 5.30. The maximum absolute atomic E-state index is 11.2. The van der Waals surface area contributed by atoms with Crippen molar-refractivity contribution in [1.82, 2.24) is 0 Å². The third-order valence-corrected chi connectivity index (χ3v) is 3.90. The van der Waals surface area contributed by atoms with Crippen LogP contribution in [0.1, 0.15) is 39.5 Å². The normalized spacial score (nSPS) is 16.3. The Morgan fingerprint density at radius 2 is 1.14 bits per heavy atom. The molecule has 0 aliphatic rings. The van der Waals surface area contributed by atoms with Crippen LogP contribution in [-0.2, 0) is 19.2 Å². The van der Waals surface area contributed by atoms with Gasteiger partial charge in [0.25, 0.3) is 0 Å². The Bertz CT molecular complexity index is 431. The zero-order valence-corrected chi connectivity index (χ0v) is 12.6. The van der Waals surface area contributed by atoms with Crippen LogP contribution in [0.4, 0.5) is 0 Å². The summed E-state index contributed by atoms with van der Waals surface area (Å²) in [6.45, 7) is 2.85. The minimum atomic E-state index is -1.26. The van der Waals surface area contributed by atoms with Crippen LogP contribution in [0.25, 0.3) is 0 Å². The molecule has 0 aromatic heterocycles. The second kappa shape index (κ2) is 9.01. The summed E-state index contributed by atoms with van der Waals surface area (Å²) in [6, 6.07) is 0. The quantitative estimate of drug-likeness (QED) is 0.446. The molecule has 0 radical (unpaired) electrons. The van der Waals surface area contributed by atoms with Crippen molar-refractivity contribution in [3.63, 3.8) is 0 Å². The first-order valence-corrected chi connectivity index (χ1v) is 7.04. The van der Waals surface area contributed by atoms with E-state index in [1.165, 1.54) is 6.92 Å². The van der Waals surface area contributed by atoms with Crippen LogP contribution in [0.15, 0.2) is 0 Å². The van der Waals surface area contributed by atoms with Crippen LogP contribution < -0.4 is 0 Å². The number of rotatable bonds is 11. The van der Waals surface area contributed by atoms with Gasteiger partial charge in [-0.3, -0.25) is 19.2 Å². The first-order valence-electron chi connectivity index (χ1n) is 7.04. The molecular formula is C14H22O8. The Labute approximate surface area is 127 Å². The molecule has 0 heterocycles. The van der Waals surface area contributed by atoms with Crippen molar-refractivity contribution >= 4 is 23.9 Å². The molecule has 0 saturated carbocycles. The van der Waals surface area contributed by atoms with Gasteiger partial charge in [-0.1, -0.05) is 20.3 Å².